The van der Waals surface area contributed by atoms with Crippen molar-refractivity contribution in [2.45, 2.75) is 13.3 Å². The molecule has 2 N–H and O–H groups in total. The van der Waals surface area contributed by atoms with Crippen LogP contribution in [0, 0.1) is 0 Å². The predicted molar refractivity (Wildman–Crippen MR) is 66.5 cm³/mol. The van der Waals surface area contributed by atoms with Gasteiger partial charge in [-0.3, -0.25) is 5.32 Å². The van der Waals surface area contributed by atoms with E-state index in [1.165, 1.54) is 28.1 Å². The first-order valence-electron chi connectivity index (χ1n) is 5.60. The monoisotopic (exact) mass is 361 g/mol. The molecule has 0 aromatic heterocycles. The molecule has 0 atom stereocenters. The molecule has 3 rings (SSSR count). The highest BCUT2D eigenvalue weighted by Crippen LogP contribution is 2.36. The fourth-order valence-electron chi connectivity index (χ4n) is 2.54. The highest BCUT2D eigenvalue weighted by Gasteiger charge is 2.30. The maximum Gasteiger partial charge on any atom is 0.180 e. The molecule has 2 nitrogen and oxygen atoms in total. The Bertz CT molecular complexity index is 547. The van der Waals surface area contributed by atoms with E-state index in [1.54, 1.807) is 0 Å². The van der Waals surface area contributed by atoms with Crippen LogP contribution in [0.25, 0.3) is 5.57 Å². The molecular formula is C13H15ClIN2+. The summed E-state index contributed by atoms with van der Waals surface area (Å²) in [6.07, 6.45) is 3.32. The van der Waals surface area contributed by atoms with Crippen LogP contribution in [-0.4, -0.2) is 23.9 Å². The van der Waals surface area contributed by atoms with Gasteiger partial charge in [-0.1, -0.05) is 11.6 Å². The molecule has 2 aliphatic heterocycles. The van der Waals surface area contributed by atoms with Crippen molar-refractivity contribution in [3.63, 3.8) is 0 Å². The summed E-state index contributed by atoms with van der Waals surface area (Å²) in [5.74, 6) is 0. The molecule has 0 saturated carbocycles. The third-order valence-corrected chi connectivity index (χ3v) is 3.97. The Morgan fingerprint density at radius 1 is 1.35 bits per heavy atom. The van der Waals surface area contributed by atoms with E-state index in [0.29, 0.717) is 0 Å². The van der Waals surface area contributed by atoms with E-state index in [9.17, 15) is 0 Å². The van der Waals surface area contributed by atoms with Crippen LogP contribution in [0.15, 0.2) is 18.3 Å². The zero-order valence-corrected chi connectivity index (χ0v) is 12.8. The van der Waals surface area contributed by atoms with E-state index in [0.717, 1.165) is 18.0 Å². The first kappa shape index (κ1) is 13.1. The molecule has 0 spiro atoms. The number of nitrogens with zero attached hydrogens (tertiary/aromatic N) is 1. The maximum atomic E-state index is 6.24. The molecule has 0 radical (unpaired) electrons. The standard InChI is InChI=1S/C13H13ClN2.HI/c1-8-10-3-4-11(14)13-12(10)9(7-15-13)5-6-16(8)2;/h3-4,7H,5-6H2,1-2H3;1H/p+1. The van der Waals surface area contributed by atoms with Crippen LogP contribution < -0.4 is 29.3 Å². The van der Waals surface area contributed by atoms with Crippen molar-refractivity contribution in [1.29, 1.82) is 0 Å². The van der Waals surface area contributed by atoms with Crippen molar-refractivity contribution in [3.8, 4) is 0 Å². The molecular weight excluding hydrogens is 347 g/mol. The smallest absolute Gasteiger partial charge is 0.180 e. The number of rotatable bonds is 0. The lowest BCUT2D eigenvalue weighted by atomic mass is 9.97. The average Bonchev–Trinajstić information content (AvgIpc) is 2.66. The molecule has 0 saturated heterocycles. The van der Waals surface area contributed by atoms with Crippen LogP contribution in [0.4, 0.5) is 5.69 Å². The Hall–Kier alpha value is -0.390. The minimum atomic E-state index is 0. The molecule has 0 amide bonds. The zero-order valence-electron chi connectivity index (χ0n) is 9.93. The lowest BCUT2D eigenvalue weighted by molar-refractivity contribution is -0.498. The summed E-state index contributed by atoms with van der Waals surface area (Å²) in [6.45, 7) is 3.27. The third kappa shape index (κ3) is 1.94. The minimum Gasteiger partial charge on any atom is -1.00 e. The second-order valence-corrected chi connectivity index (χ2v) is 4.91. The first-order valence-corrected chi connectivity index (χ1v) is 5.98. The van der Waals surface area contributed by atoms with Gasteiger partial charge in [0.2, 0.25) is 0 Å². The van der Waals surface area contributed by atoms with E-state index in [4.69, 9.17) is 11.6 Å². The van der Waals surface area contributed by atoms with Gasteiger partial charge in [0.1, 0.15) is 24.8 Å². The Morgan fingerprint density at radius 3 is 2.88 bits per heavy atom. The number of quaternary nitrogens is 1. The van der Waals surface area contributed by atoms with Gasteiger partial charge < -0.3 is 24.0 Å². The van der Waals surface area contributed by atoms with Gasteiger partial charge in [0.15, 0.2) is 11.4 Å². The molecule has 1 aromatic rings. The van der Waals surface area contributed by atoms with E-state index in [-0.39, 0.29) is 24.0 Å². The Balaban J connectivity index is 0.00000108. The van der Waals surface area contributed by atoms with Crippen molar-refractivity contribution >= 4 is 28.6 Å². The molecule has 4 heteroatoms. The van der Waals surface area contributed by atoms with Crippen LogP contribution in [0.2, 0.25) is 5.02 Å². The van der Waals surface area contributed by atoms with Crippen LogP contribution in [0.1, 0.15) is 24.5 Å². The predicted octanol–water partition coefficient (Wildman–Crippen LogP) is -1.25. The van der Waals surface area contributed by atoms with E-state index >= 15 is 0 Å². The van der Waals surface area contributed by atoms with E-state index in [1.807, 2.05) is 6.07 Å². The molecule has 17 heavy (non-hydrogen) atoms. The number of hydrogen-bond acceptors (Lipinski definition) is 0. The molecule has 0 fully saturated rings. The highest BCUT2D eigenvalue weighted by atomic mass is 127. The van der Waals surface area contributed by atoms with Gasteiger partial charge in [-0.25, -0.2) is 4.58 Å². The van der Waals surface area contributed by atoms with Crippen molar-refractivity contribution in [2.24, 2.45) is 0 Å². The van der Waals surface area contributed by atoms with Gasteiger partial charge >= 0.3 is 0 Å². The first-order chi connectivity index (χ1) is 7.68. The maximum absolute atomic E-state index is 6.24. The van der Waals surface area contributed by atoms with Crippen LogP contribution in [-0.2, 0) is 0 Å². The van der Waals surface area contributed by atoms with Gasteiger partial charge in [0, 0.05) is 18.9 Å². The van der Waals surface area contributed by atoms with Gasteiger partial charge in [0.25, 0.3) is 0 Å². The Kier molecular flexibility index (Phi) is 3.61. The SMILES string of the molecule is CC1=[N+](C)CCC2=C[NH2+]c3c(Cl)ccc1c32.[I-]. The van der Waals surface area contributed by atoms with E-state index in [2.05, 4.69) is 36.1 Å². The topological polar surface area (TPSA) is 19.6 Å². The lowest BCUT2D eigenvalue weighted by Crippen LogP contribution is -3.00. The number of halogens is 2. The summed E-state index contributed by atoms with van der Waals surface area (Å²) in [5.41, 5.74) is 6.65. The summed E-state index contributed by atoms with van der Waals surface area (Å²) < 4.78 is 2.32. The summed E-state index contributed by atoms with van der Waals surface area (Å²) in [4.78, 5) is 0. The Morgan fingerprint density at radius 2 is 2.12 bits per heavy atom. The van der Waals surface area contributed by atoms with Gasteiger partial charge in [-0.15, -0.1) is 0 Å². The van der Waals surface area contributed by atoms with E-state index < -0.39 is 0 Å². The normalized spacial score (nSPS) is 17.2. The van der Waals surface area contributed by atoms with Gasteiger partial charge in [-0.2, -0.15) is 0 Å². The molecule has 90 valence electrons. The fourth-order valence-corrected chi connectivity index (χ4v) is 2.76. The highest BCUT2D eigenvalue weighted by molar-refractivity contribution is 6.33. The fraction of sp³-hybridized carbons (Fsp3) is 0.308. The largest absolute Gasteiger partial charge is 1.00 e. The molecule has 1 aromatic carbocycles. The number of benzene rings is 1. The van der Waals surface area contributed by atoms with Crippen LogP contribution in [0.3, 0.4) is 0 Å². The second kappa shape index (κ2) is 4.71. The van der Waals surface area contributed by atoms with Crippen LogP contribution in [0.5, 0.6) is 0 Å². The second-order valence-electron chi connectivity index (χ2n) is 4.50. The minimum absolute atomic E-state index is 0. The molecule has 0 unspecified atom stereocenters. The molecule has 0 bridgehead atoms. The molecule has 2 heterocycles. The van der Waals surface area contributed by atoms with Gasteiger partial charge in [-0.05, 0) is 12.1 Å². The number of hydrogen-bond donors (Lipinski definition) is 1. The van der Waals surface area contributed by atoms with Crippen molar-refractivity contribution in [2.75, 3.05) is 13.6 Å². The van der Waals surface area contributed by atoms with Crippen molar-refractivity contribution < 1.29 is 33.9 Å². The van der Waals surface area contributed by atoms with Crippen molar-refractivity contribution in [3.05, 3.63) is 34.5 Å². The molecule has 0 aliphatic carbocycles. The van der Waals surface area contributed by atoms with Crippen molar-refractivity contribution in [1.82, 2.24) is 0 Å². The Labute approximate surface area is 123 Å². The number of nitrogens with two attached hydrogens (primary N) is 1. The lowest BCUT2D eigenvalue weighted by Gasteiger charge is -2.04. The summed E-state index contributed by atoms with van der Waals surface area (Å²) in [5, 5.41) is 3.01. The average molecular weight is 362 g/mol. The summed E-state index contributed by atoms with van der Waals surface area (Å²) in [7, 11) is 2.15. The third-order valence-electron chi connectivity index (χ3n) is 3.64. The van der Waals surface area contributed by atoms with Gasteiger partial charge in [0.05, 0.1) is 11.1 Å². The summed E-state index contributed by atoms with van der Waals surface area (Å²) in [6, 6.07) is 4.15. The quantitative estimate of drug-likeness (QED) is 0.338. The summed E-state index contributed by atoms with van der Waals surface area (Å²) >= 11 is 6.24. The molecule has 2 aliphatic rings. The zero-order chi connectivity index (χ0) is 11.3. The van der Waals surface area contributed by atoms with Crippen LogP contribution >= 0.6 is 11.6 Å².